The standard InChI is InChI=1S/C22H27NO2/c1-4-6-16-9-10-17(15(2)3)12-21(16)18-7-5-8-20(11-18)23-13-19(14-23)22(24)25/h5,7-12,15,19H,4,6,13-14H2,1-3H3,(H,24,25). The van der Waals surface area contributed by atoms with Crippen LogP contribution in [0.3, 0.4) is 0 Å². The van der Waals surface area contributed by atoms with Crippen molar-refractivity contribution in [3.63, 3.8) is 0 Å². The van der Waals surface area contributed by atoms with Crippen molar-refractivity contribution >= 4 is 11.7 Å². The Morgan fingerprint density at radius 3 is 2.60 bits per heavy atom. The Morgan fingerprint density at radius 2 is 1.96 bits per heavy atom. The quantitative estimate of drug-likeness (QED) is 0.811. The first-order valence-electron chi connectivity index (χ1n) is 9.20. The second-order valence-electron chi connectivity index (χ2n) is 7.31. The first-order chi connectivity index (χ1) is 12.0. The average Bonchev–Trinajstić information content (AvgIpc) is 2.54. The summed E-state index contributed by atoms with van der Waals surface area (Å²) in [5.41, 5.74) is 6.39. The van der Waals surface area contributed by atoms with E-state index in [1.165, 1.54) is 22.3 Å². The number of hydrogen-bond acceptors (Lipinski definition) is 2. The van der Waals surface area contributed by atoms with E-state index in [4.69, 9.17) is 5.11 Å². The molecule has 0 bridgehead atoms. The summed E-state index contributed by atoms with van der Waals surface area (Å²) >= 11 is 0. The van der Waals surface area contributed by atoms with Gasteiger partial charge in [-0.3, -0.25) is 4.79 Å². The Labute approximate surface area is 150 Å². The zero-order valence-electron chi connectivity index (χ0n) is 15.3. The summed E-state index contributed by atoms with van der Waals surface area (Å²) in [5, 5.41) is 9.08. The number of rotatable bonds is 6. The van der Waals surface area contributed by atoms with Gasteiger partial charge in [-0.2, -0.15) is 0 Å². The summed E-state index contributed by atoms with van der Waals surface area (Å²) in [6.07, 6.45) is 2.20. The van der Waals surface area contributed by atoms with Crippen LogP contribution in [0.1, 0.15) is 44.2 Å². The second-order valence-corrected chi connectivity index (χ2v) is 7.31. The van der Waals surface area contributed by atoms with Crippen molar-refractivity contribution in [3.05, 3.63) is 53.6 Å². The fourth-order valence-electron chi connectivity index (χ4n) is 3.42. The molecule has 2 aromatic rings. The van der Waals surface area contributed by atoms with E-state index in [9.17, 15) is 4.79 Å². The van der Waals surface area contributed by atoms with E-state index in [0.29, 0.717) is 19.0 Å². The summed E-state index contributed by atoms with van der Waals surface area (Å²) in [7, 11) is 0. The first-order valence-corrected chi connectivity index (χ1v) is 9.20. The van der Waals surface area contributed by atoms with Crippen molar-refractivity contribution in [2.24, 2.45) is 5.92 Å². The fourth-order valence-corrected chi connectivity index (χ4v) is 3.42. The monoisotopic (exact) mass is 337 g/mol. The van der Waals surface area contributed by atoms with Gasteiger partial charge in [-0.25, -0.2) is 0 Å². The van der Waals surface area contributed by atoms with E-state index >= 15 is 0 Å². The van der Waals surface area contributed by atoms with E-state index in [1.807, 2.05) is 0 Å². The number of carbonyl (C=O) groups is 1. The average molecular weight is 337 g/mol. The van der Waals surface area contributed by atoms with Crippen LogP contribution in [0.5, 0.6) is 0 Å². The molecule has 1 aliphatic rings. The van der Waals surface area contributed by atoms with Crippen LogP contribution in [0.25, 0.3) is 11.1 Å². The van der Waals surface area contributed by atoms with Gasteiger partial charge in [0, 0.05) is 18.8 Å². The van der Waals surface area contributed by atoms with Crippen molar-refractivity contribution in [2.75, 3.05) is 18.0 Å². The molecule has 1 fully saturated rings. The van der Waals surface area contributed by atoms with Crippen molar-refractivity contribution in [1.29, 1.82) is 0 Å². The molecule has 2 aromatic carbocycles. The summed E-state index contributed by atoms with van der Waals surface area (Å²) in [6.45, 7) is 7.87. The largest absolute Gasteiger partial charge is 0.481 e. The lowest BCUT2D eigenvalue weighted by molar-refractivity contribution is -0.142. The zero-order chi connectivity index (χ0) is 18.0. The molecule has 3 rings (SSSR count). The topological polar surface area (TPSA) is 40.5 Å². The van der Waals surface area contributed by atoms with Gasteiger partial charge in [0.2, 0.25) is 0 Å². The molecule has 0 spiro atoms. The predicted octanol–water partition coefficient (Wildman–Crippen LogP) is 4.95. The Hall–Kier alpha value is -2.29. The number of hydrogen-bond donors (Lipinski definition) is 1. The van der Waals surface area contributed by atoms with Gasteiger partial charge in [0.15, 0.2) is 0 Å². The molecule has 0 amide bonds. The molecule has 0 unspecified atom stereocenters. The molecule has 3 nitrogen and oxygen atoms in total. The van der Waals surface area contributed by atoms with E-state index in [-0.39, 0.29) is 5.92 Å². The highest BCUT2D eigenvalue weighted by Gasteiger charge is 2.32. The van der Waals surface area contributed by atoms with Crippen LogP contribution < -0.4 is 4.90 Å². The molecule has 1 aliphatic heterocycles. The van der Waals surface area contributed by atoms with Crippen molar-refractivity contribution in [1.82, 2.24) is 0 Å². The minimum atomic E-state index is -0.692. The van der Waals surface area contributed by atoms with Crippen molar-refractivity contribution in [2.45, 2.75) is 39.5 Å². The molecule has 0 aliphatic carbocycles. The molecule has 1 N–H and O–H groups in total. The van der Waals surface area contributed by atoms with Gasteiger partial charge in [0.25, 0.3) is 0 Å². The number of nitrogens with zero attached hydrogens (tertiary/aromatic N) is 1. The summed E-state index contributed by atoms with van der Waals surface area (Å²) in [5.74, 6) is -0.421. The maximum atomic E-state index is 11.0. The lowest BCUT2D eigenvalue weighted by atomic mass is 9.91. The number of carboxylic acids is 1. The van der Waals surface area contributed by atoms with Crippen LogP contribution in [0.2, 0.25) is 0 Å². The van der Waals surface area contributed by atoms with Gasteiger partial charge < -0.3 is 10.0 Å². The Balaban J connectivity index is 1.92. The molecule has 132 valence electrons. The molecule has 1 heterocycles. The molecule has 0 aromatic heterocycles. The minimum absolute atomic E-state index is 0.233. The zero-order valence-corrected chi connectivity index (χ0v) is 15.3. The number of aliphatic carboxylic acids is 1. The van der Waals surface area contributed by atoms with E-state index in [2.05, 4.69) is 68.1 Å². The molecule has 1 saturated heterocycles. The van der Waals surface area contributed by atoms with Crippen LogP contribution in [-0.2, 0) is 11.2 Å². The highest BCUT2D eigenvalue weighted by atomic mass is 16.4. The second kappa shape index (κ2) is 7.30. The first kappa shape index (κ1) is 17.5. The minimum Gasteiger partial charge on any atom is -0.481 e. The van der Waals surface area contributed by atoms with Crippen LogP contribution in [0, 0.1) is 5.92 Å². The third kappa shape index (κ3) is 3.71. The van der Waals surface area contributed by atoms with E-state index in [1.54, 1.807) is 0 Å². The highest BCUT2D eigenvalue weighted by molar-refractivity contribution is 5.76. The summed E-state index contributed by atoms with van der Waals surface area (Å²) in [4.78, 5) is 13.2. The van der Waals surface area contributed by atoms with Crippen LogP contribution >= 0.6 is 0 Å². The van der Waals surface area contributed by atoms with Crippen LogP contribution in [0.4, 0.5) is 5.69 Å². The number of carboxylic acid groups (broad SMARTS) is 1. The molecule has 3 heteroatoms. The molecule has 0 saturated carbocycles. The normalized spacial score (nSPS) is 14.6. The number of benzene rings is 2. The number of aryl methyl sites for hydroxylation is 1. The van der Waals surface area contributed by atoms with Gasteiger partial charge in [-0.1, -0.05) is 57.5 Å². The van der Waals surface area contributed by atoms with Crippen LogP contribution in [0.15, 0.2) is 42.5 Å². The van der Waals surface area contributed by atoms with Gasteiger partial charge in [0.05, 0.1) is 5.92 Å². The summed E-state index contributed by atoms with van der Waals surface area (Å²) in [6, 6.07) is 15.4. The molecule has 25 heavy (non-hydrogen) atoms. The Bertz CT molecular complexity index is 760. The third-order valence-corrected chi connectivity index (χ3v) is 5.07. The highest BCUT2D eigenvalue weighted by Crippen LogP contribution is 2.33. The van der Waals surface area contributed by atoms with E-state index < -0.39 is 5.97 Å². The van der Waals surface area contributed by atoms with E-state index in [0.717, 1.165) is 18.5 Å². The molecular formula is C22H27NO2. The molecule has 0 atom stereocenters. The Morgan fingerprint density at radius 1 is 1.20 bits per heavy atom. The molecular weight excluding hydrogens is 310 g/mol. The van der Waals surface area contributed by atoms with Gasteiger partial charge in [-0.05, 0) is 46.7 Å². The predicted molar refractivity (Wildman–Crippen MR) is 103 cm³/mol. The van der Waals surface area contributed by atoms with Crippen LogP contribution in [-0.4, -0.2) is 24.2 Å². The van der Waals surface area contributed by atoms with Gasteiger partial charge in [0.1, 0.15) is 0 Å². The SMILES string of the molecule is CCCc1ccc(C(C)C)cc1-c1cccc(N2CC(C(=O)O)C2)c1. The number of anilines is 1. The Kier molecular flexibility index (Phi) is 5.12. The van der Waals surface area contributed by atoms with Crippen molar-refractivity contribution < 1.29 is 9.90 Å². The van der Waals surface area contributed by atoms with Crippen molar-refractivity contribution in [3.8, 4) is 11.1 Å². The molecule has 0 radical (unpaired) electrons. The maximum absolute atomic E-state index is 11.0. The lowest BCUT2D eigenvalue weighted by Gasteiger charge is -2.38. The third-order valence-electron chi connectivity index (χ3n) is 5.07. The maximum Gasteiger partial charge on any atom is 0.310 e. The van der Waals surface area contributed by atoms with Gasteiger partial charge in [-0.15, -0.1) is 0 Å². The summed E-state index contributed by atoms with van der Waals surface area (Å²) < 4.78 is 0. The van der Waals surface area contributed by atoms with Gasteiger partial charge >= 0.3 is 5.97 Å². The smallest absolute Gasteiger partial charge is 0.310 e. The fraction of sp³-hybridized carbons (Fsp3) is 0.409. The lowest BCUT2D eigenvalue weighted by Crippen LogP contribution is -2.50.